The van der Waals surface area contributed by atoms with Gasteiger partial charge in [-0.05, 0) is 25.1 Å². The van der Waals surface area contributed by atoms with Crippen molar-refractivity contribution in [3.05, 3.63) is 59.9 Å². The number of nitriles is 1. The number of aromatic nitrogens is 2. The van der Waals surface area contributed by atoms with Gasteiger partial charge in [-0.1, -0.05) is 42.1 Å². The maximum absolute atomic E-state index is 12.4. The average Bonchev–Trinajstić information content (AvgIpc) is 3.29. The molecule has 0 amide bonds. The Morgan fingerprint density at radius 2 is 2.03 bits per heavy atom. The van der Waals surface area contributed by atoms with E-state index in [0.29, 0.717) is 24.3 Å². The molecule has 0 radical (unpaired) electrons. The number of nitrogens with zero attached hydrogens (tertiary/aromatic N) is 3. The molecule has 0 atom stereocenters. The van der Waals surface area contributed by atoms with Gasteiger partial charge in [0.05, 0.1) is 30.1 Å². The highest BCUT2D eigenvalue weighted by Gasteiger charge is 2.22. The molecule has 0 bridgehead atoms. The molecule has 0 aliphatic heterocycles. The maximum Gasteiger partial charge on any atom is 0.374 e. The van der Waals surface area contributed by atoms with Gasteiger partial charge in [0, 0.05) is 23.2 Å². The predicted octanol–water partition coefficient (Wildman–Crippen LogP) is 5.17. The van der Waals surface area contributed by atoms with E-state index in [1.165, 1.54) is 11.8 Å². The first kappa shape index (κ1) is 19.1. The normalized spacial score (nSPS) is 11.0. The minimum absolute atomic E-state index is 0.236. The Balaban J connectivity index is 1.71. The topological polar surface area (TPSA) is 81.0 Å². The molecule has 6 nitrogen and oxygen atoms in total. The van der Waals surface area contributed by atoms with Crippen molar-refractivity contribution in [1.29, 1.82) is 5.26 Å². The third-order valence-corrected chi connectivity index (χ3v) is 5.57. The lowest BCUT2D eigenvalue weighted by Crippen LogP contribution is -2.06. The van der Waals surface area contributed by atoms with Crippen LogP contribution in [0.5, 0.6) is 0 Å². The lowest BCUT2D eigenvalue weighted by Gasteiger charge is -2.07. The van der Waals surface area contributed by atoms with E-state index in [4.69, 9.17) is 19.4 Å². The molecule has 0 saturated heterocycles. The summed E-state index contributed by atoms with van der Waals surface area (Å²) in [5.41, 5.74) is 3.33. The van der Waals surface area contributed by atoms with Gasteiger partial charge in [-0.15, -0.1) is 0 Å². The highest BCUT2D eigenvalue weighted by atomic mass is 32.2. The molecule has 2 aromatic carbocycles. The summed E-state index contributed by atoms with van der Waals surface area (Å²) in [6, 6.07) is 17.6. The number of benzene rings is 2. The van der Waals surface area contributed by atoms with Crippen molar-refractivity contribution in [1.82, 2.24) is 9.55 Å². The lowest BCUT2D eigenvalue weighted by atomic mass is 10.1. The highest BCUT2D eigenvalue weighted by Crippen LogP contribution is 2.33. The summed E-state index contributed by atoms with van der Waals surface area (Å²) in [7, 11) is 0. The molecule has 0 aliphatic carbocycles. The Bertz CT molecular complexity index is 1220. The number of esters is 1. The molecular weight excluding hydrogens is 386 g/mol. The molecule has 0 N–H and O–H groups in total. The first-order chi connectivity index (χ1) is 14.2. The van der Waals surface area contributed by atoms with E-state index in [0.717, 1.165) is 27.1 Å². The van der Waals surface area contributed by atoms with E-state index in [2.05, 4.69) is 10.6 Å². The fraction of sp³-hybridized carbons (Fsp3) is 0.227. The van der Waals surface area contributed by atoms with Gasteiger partial charge >= 0.3 is 5.97 Å². The standard InChI is InChI=1S/C22H19N3O3S/c1-2-27-21(26)20-16(15-8-3-6-11-19(15)28-20)14-29-22-24-17-9-4-5-10-18(17)25(22)13-7-12-23/h3-6,8-11H,2,7,13-14H2,1H3. The molecule has 2 aromatic heterocycles. The van der Waals surface area contributed by atoms with E-state index in [1.54, 1.807) is 6.92 Å². The number of fused-ring (bicyclic) bond motifs is 2. The number of ether oxygens (including phenoxy) is 1. The van der Waals surface area contributed by atoms with Crippen LogP contribution in [0.2, 0.25) is 0 Å². The predicted molar refractivity (Wildman–Crippen MR) is 112 cm³/mol. The molecule has 0 unspecified atom stereocenters. The van der Waals surface area contributed by atoms with Crippen LogP contribution >= 0.6 is 11.8 Å². The number of aryl methyl sites for hydroxylation is 1. The van der Waals surface area contributed by atoms with Crippen LogP contribution in [0.4, 0.5) is 0 Å². The van der Waals surface area contributed by atoms with Gasteiger partial charge in [-0.3, -0.25) is 0 Å². The van der Waals surface area contributed by atoms with Gasteiger partial charge in [-0.25, -0.2) is 9.78 Å². The van der Waals surface area contributed by atoms with Gasteiger partial charge in [0.2, 0.25) is 5.76 Å². The summed E-state index contributed by atoms with van der Waals surface area (Å²) in [6.07, 6.45) is 0.399. The van der Waals surface area contributed by atoms with Crippen molar-refractivity contribution in [3.8, 4) is 6.07 Å². The zero-order valence-corrected chi connectivity index (χ0v) is 16.7. The van der Waals surface area contributed by atoms with Crippen LogP contribution in [0.25, 0.3) is 22.0 Å². The van der Waals surface area contributed by atoms with Gasteiger partial charge < -0.3 is 13.7 Å². The van der Waals surface area contributed by atoms with E-state index < -0.39 is 5.97 Å². The number of thioether (sulfide) groups is 1. The zero-order valence-electron chi connectivity index (χ0n) is 15.9. The van der Waals surface area contributed by atoms with Crippen LogP contribution in [-0.4, -0.2) is 22.1 Å². The summed E-state index contributed by atoms with van der Waals surface area (Å²) in [6.45, 7) is 2.62. The highest BCUT2D eigenvalue weighted by molar-refractivity contribution is 7.98. The number of rotatable bonds is 7. The Kier molecular flexibility index (Phi) is 5.54. The van der Waals surface area contributed by atoms with Crippen molar-refractivity contribution in [2.24, 2.45) is 0 Å². The first-order valence-corrected chi connectivity index (χ1v) is 10.3. The average molecular weight is 405 g/mol. The van der Waals surface area contributed by atoms with E-state index >= 15 is 0 Å². The SMILES string of the molecule is CCOC(=O)c1oc2ccccc2c1CSc1nc2ccccc2n1CCC#N. The summed E-state index contributed by atoms with van der Waals surface area (Å²) in [4.78, 5) is 17.1. The first-order valence-electron chi connectivity index (χ1n) is 9.35. The van der Waals surface area contributed by atoms with Crippen LogP contribution in [0.1, 0.15) is 29.5 Å². The van der Waals surface area contributed by atoms with Crippen molar-refractivity contribution in [3.63, 3.8) is 0 Å². The van der Waals surface area contributed by atoms with Gasteiger partial charge in [0.1, 0.15) is 5.58 Å². The van der Waals surface area contributed by atoms with Gasteiger partial charge in [0.15, 0.2) is 5.16 Å². The van der Waals surface area contributed by atoms with Crippen LogP contribution in [0.3, 0.4) is 0 Å². The Labute approximate surface area is 172 Å². The van der Waals surface area contributed by atoms with E-state index in [-0.39, 0.29) is 12.4 Å². The number of para-hydroxylation sites is 3. The quantitative estimate of drug-likeness (QED) is 0.312. The summed E-state index contributed by atoms with van der Waals surface area (Å²) in [5.74, 6) is 0.277. The largest absolute Gasteiger partial charge is 0.460 e. The Morgan fingerprint density at radius 3 is 2.86 bits per heavy atom. The zero-order chi connectivity index (χ0) is 20.2. The van der Waals surface area contributed by atoms with E-state index in [1.807, 2.05) is 48.5 Å². The molecule has 2 heterocycles. The third-order valence-electron chi connectivity index (χ3n) is 4.57. The second-order valence-electron chi connectivity index (χ2n) is 6.36. The molecular formula is C22H19N3O3S. The minimum atomic E-state index is -0.461. The fourth-order valence-corrected chi connectivity index (χ4v) is 4.35. The van der Waals surface area contributed by atoms with Crippen molar-refractivity contribution >= 4 is 39.7 Å². The van der Waals surface area contributed by atoms with Crippen molar-refractivity contribution in [2.75, 3.05) is 6.61 Å². The third kappa shape index (κ3) is 3.71. The molecule has 0 aliphatic rings. The van der Waals surface area contributed by atoms with Crippen LogP contribution in [0.15, 0.2) is 58.1 Å². The number of carbonyl (C=O) groups excluding carboxylic acids is 1. The second-order valence-corrected chi connectivity index (χ2v) is 7.30. The molecule has 4 aromatic rings. The van der Waals surface area contributed by atoms with E-state index in [9.17, 15) is 4.79 Å². The maximum atomic E-state index is 12.4. The van der Waals surface area contributed by atoms with Gasteiger partial charge in [0.25, 0.3) is 0 Å². The lowest BCUT2D eigenvalue weighted by molar-refractivity contribution is 0.0491. The molecule has 146 valence electrons. The number of imidazole rings is 1. The molecule has 7 heteroatoms. The van der Waals surface area contributed by atoms with Crippen LogP contribution in [-0.2, 0) is 17.0 Å². The number of carbonyl (C=O) groups is 1. The Morgan fingerprint density at radius 1 is 1.24 bits per heavy atom. The number of hydrogen-bond donors (Lipinski definition) is 0. The summed E-state index contributed by atoms with van der Waals surface area (Å²) < 4.78 is 13.0. The second kappa shape index (κ2) is 8.41. The van der Waals surface area contributed by atoms with Crippen LogP contribution in [0, 0.1) is 11.3 Å². The fourth-order valence-electron chi connectivity index (χ4n) is 3.28. The van der Waals surface area contributed by atoms with Crippen molar-refractivity contribution in [2.45, 2.75) is 30.8 Å². The number of hydrogen-bond acceptors (Lipinski definition) is 6. The monoisotopic (exact) mass is 405 g/mol. The Hall–Kier alpha value is -3.24. The van der Waals surface area contributed by atoms with Gasteiger partial charge in [-0.2, -0.15) is 5.26 Å². The van der Waals surface area contributed by atoms with Crippen LogP contribution < -0.4 is 0 Å². The molecule has 0 saturated carbocycles. The molecule has 0 fully saturated rings. The summed E-state index contributed by atoms with van der Waals surface area (Å²) in [5, 5.41) is 10.7. The molecule has 4 rings (SSSR count). The molecule has 29 heavy (non-hydrogen) atoms. The number of furan rings is 1. The molecule has 0 spiro atoms. The summed E-state index contributed by atoms with van der Waals surface area (Å²) >= 11 is 1.52. The smallest absolute Gasteiger partial charge is 0.374 e. The minimum Gasteiger partial charge on any atom is -0.460 e. The van der Waals surface area contributed by atoms with Crippen molar-refractivity contribution < 1.29 is 13.9 Å².